The molecular weight excluding hydrogens is 429 g/mol. The number of allylic oxidation sites excluding steroid dienone is 1. The predicted octanol–water partition coefficient (Wildman–Crippen LogP) is 7.78. The van der Waals surface area contributed by atoms with Crippen LogP contribution in [0.3, 0.4) is 0 Å². The summed E-state index contributed by atoms with van der Waals surface area (Å²) in [6, 6.07) is 20.2. The first-order valence-corrected chi connectivity index (χ1v) is 11.1. The van der Waals surface area contributed by atoms with E-state index < -0.39 is 0 Å². The number of carbonyl (C=O) groups is 1. The van der Waals surface area contributed by atoms with Gasteiger partial charge in [-0.2, -0.15) is 0 Å². The standard InChI is InChI=1S/C26H19ClFNOS/c1-2-22(23-12-11-21(28)13-24(23)27)26(19-5-3-17(15-30)4-6-19)20-9-7-18(8-10-20)25-14-29-16-31-25/h3-16H,2H2,1H3/b26-22+. The topological polar surface area (TPSA) is 30.0 Å². The van der Waals surface area contributed by atoms with Gasteiger partial charge in [-0.1, -0.05) is 73.1 Å². The summed E-state index contributed by atoms with van der Waals surface area (Å²) in [4.78, 5) is 16.4. The monoisotopic (exact) mass is 447 g/mol. The highest BCUT2D eigenvalue weighted by Crippen LogP contribution is 2.38. The van der Waals surface area contributed by atoms with Crippen molar-refractivity contribution >= 4 is 40.4 Å². The molecular formula is C26H19ClFNOS. The molecule has 4 rings (SSSR count). The molecule has 31 heavy (non-hydrogen) atoms. The van der Waals surface area contributed by atoms with Crippen LogP contribution in [0.2, 0.25) is 5.02 Å². The van der Waals surface area contributed by atoms with E-state index in [1.54, 1.807) is 29.5 Å². The first-order chi connectivity index (χ1) is 15.1. The average Bonchev–Trinajstić information content (AvgIpc) is 3.33. The SMILES string of the molecule is CC/C(=C(/c1ccc(C=O)cc1)c1ccc(-c2cncs2)cc1)c1ccc(F)cc1Cl. The van der Waals surface area contributed by atoms with Gasteiger partial charge in [0.15, 0.2) is 0 Å². The van der Waals surface area contributed by atoms with E-state index >= 15 is 0 Å². The first-order valence-electron chi connectivity index (χ1n) is 9.84. The lowest BCUT2D eigenvalue weighted by atomic mass is 9.87. The number of halogens is 2. The third kappa shape index (κ3) is 4.50. The van der Waals surface area contributed by atoms with Gasteiger partial charge in [0.2, 0.25) is 0 Å². The fourth-order valence-corrected chi connectivity index (χ4v) is 4.55. The van der Waals surface area contributed by atoms with Crippen LogP contribution in [0.5, 0.6) is 0 Å². The minimum Gasteiger partial charge on any atom is -0.298 e. The minimum atomic E-state index is -0.366. The van der Waals surface area contributed by atoms with Crippen LogP contribution in [0.1, 0.15) is 40.4 Å². The van der Waals surface area contributed by atoms with Crippen LogP contribution in [0.15, 0.2) is 78.4 Å². The van der Waals surface area contributed by atoms with Gasteiger partial charge < -0.3 is 0 Å². The van der Waals surface area contributed by atoms with Crippen molar-refractivity contribution < 1.29 is 9.18 Å². The van der Waals surface area contributed by atoms with E-state index in [9.17, 15) is 9.18 Å². The van der Waals surface area contributed by atoms with Gasteiger partial charge in [0, 0.05) is 11.8 Å². The van der Waals surface area contributed by atoms with E-state index in [1.165, 1.54) is 12.1 Å². The third-order valence-electron chi connectivity index (χ3n) is 5.14. The molecule has 0 fully saturated rings. The van der Waals surface area contributed by atoms with E-state index in [1.807, 2.05) is 23.8 Å². The van der Waals surface area contributed by atoms with E-state index in [0.717, 1.165) is 44.6 Å². The maximum Gasteiger partial charge on any atom is 0.150 e. The first kappa shape index (κ1) is 21.2. The Balaban J connectivity index is 1.91. The highest BCUT2D eigenvalue weighted by atomic mass is 35.5. The van der Waals surface area contributed by atoms with Crippen LogP contribution >= 0.6 is 22.9 Å². The Labute approximate surface area is 189 Å². The predicted molar refractivity (Wildman–Crippen MR) is 127 cm³/mol. The second kappa shape index (κ2) is 9.38. The lowest BCUT2D eigenvalue weighted by Crippen LogP contribution is -1.97. The van der Waals surface area contributed by atoms with Crippen molar-refractivity contribution in [2.75, 3.05) is 0 Å². The molecule has 0 aliphatic rings. The summed E-state index contributed by atoms with van der Waals surface area (Å²) in [7, 11) is 0. The molecule has 0 spiro atoms. The largest absolute Gasteiger partial charge is 0.298 e. The third-order valence-corrected chi connectivity index (χ3v) is 6.27. The summed E-state index contributed by atoms with van der Waals surface area (Å²) in [5.74, 6) is -0.366. The number of nitrogens with zero attached hydrogens (tertiary/aromatic N) is 1. The van der Waals surface area contributed by atoms with Gasteiger partial charge in [-0.3, -0.25) is 9.78 Å². The minimum absolute atomic E-state index is 0.366. The molecule has 0 aliphatic carbocycles. The highest BCUT2D eigenvalue weighted by molar-refractivity contribution is 7.13. The van der Waals surface area contributed by atoms with Gasteiger partial charge >= 0.3 is 0 Å². The number of hydrogen-bond acceptors (Lipinski definition) is 3. The number of aldehydes is 1. The molecule has 2 nitrogen and oxygen atoms in total. The molecule has 0 saturated carbocycles. The quantitative estimate of drug-likeness (QED) is 0.223. The smallest absolute Gasteiger partial charge is 0.150 e. The molecule has 0 aliphatic heterocycles. The Kier molecular flexibility index (Phi) is 6.40. The fraction of sp³-hybridized carbons (Fsp3) is 0.0769. The van der Waals surface area contributed by atoms with Crippen molar-refractivity contribution in [3.8, 4) is 10.4 Å². The lowest BCUT2D eigenvalue weighted by molar-refractivity contribution is 0.112. The molecule has 0 saturated heterocycles. The number of carbonyl (C=O) groups excluding carboxylic acids is 1. The van der Waals surface area contributed by atoms with E-state index in [2.05, 4.69) is 36.2 Å². The molecule has 0 N–H and O–H groups in total. The Bertz CT molecular complexity index is 1230. The van der Waals surface area contributed by atoms with Crippen molar-refractivity contribution in [2.45, 2.75) is 13.3 Å². The van der Waals surface area contributed by atoms with Crippen LogP contribution in [0.25, 0.3) is 21.6 Å². The number of rotatable bonds is 6. The van der Waals surface area contributed by atoms with Gasteiger partial charge in [-0.15, -0.1) is 11.3 Å². The number of aromatic nitrogens is 1. The maximum atomic E-state index is 13.7. The summed E-state index contributed by atoms with van der Waals surface area (Å²) >= 11 is 8.03. The second-order valence-corrected chi connectivity index (χ2v) is 8.31. The zero-order chi connectivity index (χ0) is 21.8. The van der Waals surface area contributed by atoms with Gasteiger partial charge in [-0.05, 0) is 52.0 Å². The Morgan fingerprint density at radius 3 is 2.26 bits per heavy atom. The fourth-order valence-electron chi connectivity index (χ4n) is 3.64. The second-order valence-electron chi connectivity index (χ2n) is 7.01. The summed E-state index contributed by atoms with van der Waals surface area (Å²) in [5.41, 5.74) is 8.32. The molecule has 0 radical (unpaired) electrons. The van der Waals surface area contributed by atoms with Crippen LogP contribution in [-0.4, -0.2) is 11.3 Å². The number of thiazole rings is 1. The molecule has 4 aromatic rings. The van der Waals surface area contributed by atoms with Crippen LogP contribution in [0, 0.1) is 5.82 Å². The lowest BCUT2D eigenvalue weighted by Gasteiger charge is -2.18. The molecule has 3 aromatic carbocycles. The summed E-state index contributed by atoms with van der Waals surface area (Å²) in [6.07, 6.45) is 3.38. The molecule has 1 aromatic heterocycles. The molecule has 0 atom stereocenters. The maximum absolute atomic E-state index is 13.7. The normalized spacial score (nSPS) is 11.8. The zero-order valence-electron chi connectivity index (χ0n) is 16.8. The Morgan fingerprint density at radius 1 is 1.03 bits per heavy atom. The van der Waals surface area contributed by atoms with Gasteiger partial charge in [0.1, 0.15) is 12.1 Å². The summed E-state index contributed by atoms with van der Waals surface area (Å²) in [5, 5.41) is 0.375. The molecule has 0 unspecified atom stereocenters. The molecule has 5 heteroatoms. The van der Waals surface area contributed by atoms with Crippen LogP contribution < -0.4 is 0 Å². The van der Waals surface area contributed by atoms with Gasteiger partial charge in [0.25, 0.3) is 0 Å². The summed E-state index contributed by atoms with van der Waals surface area (Å²) < 4.78 is 13.7. The van der Waals surface area contributed by atoms with Crippen molar-refractivity contribution in [3.63, 3.8) is 0 Å². The van der Waals surface area contributed by atoms with Crippen molar-refractivity contribution in [2.24, 2.45) is 0 Å². The van der Waals surface area contributed by atoms with E-state index in [4.69, 9.17) is 11.6 Å². The Morgan fingerprint density at radius 2 is 1.71 bits per heavy atom. The molecule has 0 amide bonds. The van der Waals surface area contributed by atoms with Crippen molar-refractivity contribution in [1.82, 2.24) is 4.98 Å². The van der Waals surface area contributed by atoms with E-state index in [0.29, 0.717) is 17.0 Å². The van der Waals surface area contributed by atoms with E-state index in [-0.39, 0.29) is 5.82 Å². The number of hydrogen-bond donors (Lipinski definition) is 0. The number of benzene rings is 3. The van der Waals surface area contributed by atoms with Crippen molar-refractivity contribution in [3.05, 3.63) is 112 Å². The zero-order valence-corrected chi connectivity index (χ0v) is 18.4. The highest BCUT2D eigenvalue weighted by Gasteiger charge is 2.16. The van der Waals surface area contributed by atoms with Gasteiger partial charge in [0.05, 0.1) is 15.4 Å². The average molecular weight is 448 g/mol. The van der Waals surface area contributed by atoms with Crippen molar-refractivity contribution in [1.29, 1.82) is 0 Å². The Hall–Kier alpha value is -3.08. The van der Waals surface area contributed by atoms with Gasteiger partial charge in [-0.25, -0.2) is 4.39 Å². The molecule has 0 bridgehead atoms. The van der Waals surface area contributed by atoms with Crippen LogP contribution in [-0.2, 0) is 0 Å². The molecule has 1 heterocycles. The van der Waals surface area contributed by atoms with Crippen LogP contribution in [0.4, 0.5) is 4.39 Å². The molecule has 154 valence electrons. The summed E-state index contributed by atoms with van der Waals surface area (Å²) in [6.45, 7) is 2.06.